The Labute approximate surface area is 170 Å². The topological polar surface area (TPSA) is 29.5 Å². The SMILES string of the molecule is CC[Si](CC)(CC)OC1CCC[C@@]2(C)C1CC[C@@H]2C(C)CC#CC(C)(C)O. The van der Waals surface area contributed by atoms with Gasteiger partial charge in [0, 0.05) is 12.5 Å². The number of aliphatic hydroxyl groups is 1. The molecule has 0 radical (unpaired) electrons. The fourth-order valence-electron chi connectivity index (χ4n) is 6.13. The van der Waals surface area contributed by atoms with Gasteiger partial charge in [0.25, 0.3) is 0 Å². The largest absolute Gasteiger partial charge is 0.414 e. The first kappa shape index (κ1) is 23.0. The predicted octanol–water partition coefficient (Wildman–Crippen LogP) is 6.39. The average molecular weight is 393 g/mol. The van der Waals surface area contributed by atoms with E-state index in [-0.39, 0.29) is 0 Å². The van der Waals surface area contributed by atoms with Crippen LogP contribution in [0.4, 0.5) is 0 Å². The number of fused-ring (bicyclic) bond motifs is 1. The number of rotatable bonds is 7. The molecule has 0 aliphatic heterocycles. The molecular weight excluding hydrogens is 348 g/mol. The standard InChI is InChI=1S/C24H44O2Si/c1-8-27(9-2,10-3)26-22-14-12-18-24(7)20(15-16-21(22)24)19(4)13-11-17-23(5,6)25/h19-22,25H,8-10,12-16,18H2,1-7H3/t19?,20-,21?,22?,24-/m1/s1. The van der Waals surface area contributed by atoms with Crippen LogP contribution in [-0.2, 0) is 4.43 Å². The van der Waals surface area contributed by atoms with Crippen LogP contribution in [0.15, 0.2) is 0 Å². The van der Waals surface area contributed by atoms with Crippen LogP contribution in [0.3, 0.4) is 0 Å². The maximum atomic E-state index is 9.86. The van der Waals surface area contributed by atoms with Crippen LogP contribution in [0.1, 0.15) is 87.0 Å². The lowest BCUT2D eigenvalue weighted by Gasteiger charge is -2.48. The summed E-state index contributed by atoms with van der Waals surface area (Å²) in [6.45, 7) is 15.5. The van der Waals surface area contributed by atoms with Crippen molar-refractivity contribution in [2.75, 3.05) is 0 Å². The summed E-state index contributed by atoms with van der Waals surface area (Å²) >= 11 is 0. The third-order valence-electron chi connectivity index (χ3n) is 7.98. The molecule has 1 N–H and O–H groups in total. The van der Waals surface area contributed by atoms with Gasteiger partial charge >= 0.3 is 0 Å². The summed E-state index contributed by atoms with van der Waals surface area (Å²) in [5.74, 6) is 8.35. The van der Waals surface area contributed by atoms with Gasteiger partial charge in [0.2, 0.25) is 0 Å². The molecule has 27 heavy (non-hydrogen) atoms. The molecule has 5 atom stereocenters. The minimum Gasteiger partial charge on any atom is -0.414 e. The zero-order chi connectivity index (χ0) is 20.3. The van der Waals surface area contributed by atoms with Gasteiger partial charge in [0.15, 0.2) is 8.32 Å². The van der Waals surface area contributed by atoms with Crippen molar-refractivity contribution in [2.45, 2.75) is 117 Å². The van der Waals surface area contributed by atoms with E-state index in [4.69, 9.17) is 4.43 Å². The van der Waals surface area contributed by atoms with Crippen LogP contribution in [0.2, 0.25) is 18.1 Å². The van der Waals surface area contributed by atoms with Gasteiger partial charge in [-0.05, 0) is 80.8 Å². The summed E-state index contributed by atoms with van der Waals surface area (Å²) in [5.41, 5.74) is -0.464. The van der Waals surface area contributed by atoms with Crippen molar-refractivity contribution in [1.82, 2.24) is 0 Å². The second-order valence-corrected chi connectivity index (χ2v) is 14.9. The zero-order valence-corrected chi connectivity index (χ0v) is 20.0. The van der Waals surface area contributed by atoms with Crippen molar-refractivity contribution < 1.29 is 9.53 Å². The maximum Gasteiger partial charge on any atom is 0.192 e. The Morgan fingerprint density at radius 2 is 1.78 bits per heavy atom. The van der Waals surface area contributed by atoms with Crippen molar-refractivity contribution in [1.29, 1.82) is 0 Å². The van der Waals surface area contributed by atoms with Gasteiger partial charge in [-0.25, -0.2) is 0 Å². The molecule has 2 saturated carbocycles. The van der Waals surface area contributed by atoms with E-state index < -0.39 is 13.9 Å². The molecule has 3 heteroatoms. The number of hydrogen-bond donors (Lipinski definition) is 1. The van der Waals surface area contributed by atoms with Gasteiger partial charge in [-0.2, -0.15) is 0 Å². The second-order valence-electron chi connectivity index (χ2n) is 10.1. The van der Waals surface area contributed by atoms with Gasteiger partial charge < -0.3 is 9.53 Å². The van der Waals surface area contributed by atoms with Crippen LogP contribution in [0, 0.1) is 35.0 Å². The van der Waals surface area contributed by atoms with E-state index in [0.29, 0.717) is 17.4 Å². The Morgan fingerprint density at radius 1 is 1.15 bits per heavy atom. The monoisotopic (exact) mass is 392 g/mol. The zero-order valence-electron chi connectivity index (χ0n) is 19.0. The molecule has 0 aromatic heterocycles. The minimum atomic E-state index is -1.54. The van der Waals surface area contributed by atoms with E-state index in [0.717, 1.165) is 18.3 Å². The van der Waals surface area contributed by atoms with E-state index in [2.05, 4.69) is 46.5 Å². The molecule has 2 rings (SSSR count). The highest BCUT2D eigenvalue weighted by Crippen LogP contribution is 2.59. The molecule has 2 aliphatic carbocycles. The van der Waals surface area contributed by atoms with E-state index in [1.54, 1.807) is 13.8 Å². The van der Waals surface area contributed by atoms with Crippen molar-refractivity contribution in [3.63, 3.8) is 0 Å². The smallest absolute Gasteiger partial charge is 0.192 e. The van der Waals surface area contributed by atoms with Crippen LogP contribution < -0.4 is 0 Å². The van der Waals surface area contributed by atoms with Crippen molar-refractivity contribution >= 4 is 8.32 Å². The van der Waals surface area contributed by atoms with E-state index in [9.17, 15) is 5.11 Å². The van der Waals surface area contributed by atoms with Crippen molar-refractivity contribution in [2.24, 2.45) is 23.2 Å². The molecule has 0 saturated heterocycles. The van der Waals surface area contributed by atoms with Crippen LogP contribution in [-0.4, -0.2) is 25.1 Å². The summed E-state index contributed by atoms with van der Waals surface area (Å²) in [6, 6.07) is 3.77. The minimum absolute atomic E-state index is 0.411. The molecule has 0 aromatic rings. The lowest BCUT2D eigenvalue weighted by molar-refractivity contribution is -0.0189. The van der Waals surface area contributed by atoms with Gasteiger partial charge in [-0.15, -0.1) is 5.92 Å². The average Bonchev–Trinajstić information content (AvgIpc) is 2.96. The molecule has 156 valence electrons. The van der Waals surface area contributed by atoms with Crippen molar-refractivity contribution in [3.8, 4) is 11.8 Å². The van der Waals surface area contributed by atoms with Gasteiger partial charge in [-0.3, -0.25) is 0 Å². The summed E-state index contributed by atoms with van der Waals surface area (Å²) < 4.78 is 7.04. The number of hydrogen-bond acceptors (Lipinski definition) is 2. The summed E-state index contributed by atoms with van der Waals surface area (Å²) in [6.07, 6.45) is 7.99. The Balaban J connectivity index is 2.11. The fourth-order valence-corrected chi connectivity index (χ4v) is 9.05. The molecule has 0 amide bonds. The van der Waals surface area contributed by atoms with E-state index in [1.165, 1.54) is 50.2 Å². The molecular formula is C24H44O2Si. The molecule has 0 spiro atoms. The normalized spacial score (nSPS) is 32.5. The highest BCUT2D eigenvalue weighted by molar-refractivity contribution is 6.73. The van der Waals surface area contributed by atoms with Crippen molar-refractivity contribution in [3.05, 3.63) is 0 Å². The van der Waals surface area contributed by atoms with Gasteiger partial charge in [0.1, 0.15) is 5.60 Å². The van der Waals surface area contributed by atoms with Crippen LogP contribution in [0.25, 0.3) is 0 Å². The summed E-state index contributed by atoms with van der Waals surface area (Å²) in [5, 5.41) is 9.86. The Morgan fingerprint density at radius 3 is 2.33 bits per heavy atom. The molecule has 2 nitrogen and oxygen atoms in total. The summed E-state index contributed by atoms with van der Waals surface area (Å²) in [7, 11) is -1.54. The predicted molar refractivity (Wildman–Crippen MR) is 118 cm³/mol. The summed E-state index contributed by atoms with van der Waals surface area (Å²) in [4.78, 5) is 0. The molecule has 2 aliphatic rings. The molecule has 3 unspecified atom stereocenters. The Hall–Kier alpha value is -0.303. The maximum absolute atomic E-state index is 9.86. The third-order valence-corrected chi connectivity index (χ3v) is 12.6. The molecule has 2 fully saturated rings. The van der Waals surface area contributed by atoms with E-state index in [1.807, 2.05) is 0 Å². The first-order chi connectivity index (χ1) is 12.6. The second kappa shape index (κ2) is 9.01. The third kappa shape index (κ3) is 5.20. The highest BCUT2D eigenvalue weighted by atomic mass is 28.4. The Bertz CT molecular complexity index is 529. The quantitative estimate of drug-likeness (QED) is 0.401. The lowest BCUT2D eigenvalue weighted by atomic mass is 9.61. The first-order valence-electron chi connectivity index (χ1n) is 11.5. The first-order valence-corrected chi connectivity index (χ1v) is 14.0. The van der Waals surface area contributed by atoms with Gasteiger partial charge in [0.05, 0.1) is 0 Å². The fraction of sp³-hybridized carbons (Fsp3) is 0.917. The van der Waals surface area contributed by atoms with Crippen LogP contribution in [0.5, 0.6) is 0 Å². The van der Waals surface area contributed by atoms with E-state index >= 15 is 0 Å². The molecule has 0 bridgehead atoms. The lowest BCUT2D eigenvalue weighted by Crippen LogP contribution is -2.48. The van der Waals surface area contributed by atoms with Crippen LogP contribution >= 0.6 is 0 Å². The molecule has 0 heterocycles. The highest BCUT2D eigenvalue weighted by Gasteiger charge is 2.53. The van der Waals surface area contributed by atoms with Gasteiger partial charge in [-0.1, -0.05) is 47.0 Å². The Kier molecular flexibility index (Phi) is 7.67. The molecule has 0 aromatic carbocycles.